The summed E-state index contributed by atoms with van der Waals surface area (Å²) in [7, 11) is 1.61. The summed E-state index contributed by atoms with van der Waals surface area (Å²) in [5, 5.41) is 13.9. The third-order valence-corrected chi connectivity index (χ3v) is 4.40. The highest BCUT2D eigenvalue weighted by molar-refractivity contribution is 6.02. The maximum absolute atomic E-state index is 12.5. The van der Waals surface area contributed by atoms with Gasteiger partial charge in [0.1, 0.15) is 17.8 Å². The summed E-state index contributed by atoms with van der Waals surface area (Å²) < 4.78 is 6.83. The van der Waals surface area contributed by atoms with Gasteiger partial charge in [-0.3, -0.25) is 15.2 Å². The average molecular weight is 388 g/mol. The van der Waals surface area contributed by atoms with Crippen molar-refractivity contribution in [3.8, 4) is 17.0 Å². The summed E-state index contributed by atoms with van der Waals surface area (Å²) in [6, 6.07) is 17.3. The van der Waals surface area contributed by atoms with E-state index in [2.05, 4.69) is 31.7 Å². The number of ether oxygens (including phenoxy) is 1. The molecule has 0 saturated carbocycles. The molecular formula is C21H20N6O2. The Morgan fingerprint density at radius 1 is 1.17 bits per heavy atom. The maximum Gasteiger partial charge on any atom is 0.276 e. The monoisotopic (exact) mass is 388 g/mol. The number of aromatic amines is 1. The van der Waals surface area contributed by atoms with Crippen LogP contribution in [0.1, 0.15) is 21.6 Å². The molecule has 8 heteroatoms. The summed E-state index contributed by atoms with van der Waals surface area (Å²) in [5.41, 5.74) is 4.16. The Kier molecular flexibility index (Phi) is 5.07. The molecular weight excluding hydrogens is 368 g/mol. The van der Waals surface area contributed by atoms with Crippen LogP contribution in [0.2, 0.25) is 0 Å². The van der Waals surface area contributed by atoms with E-state index in [0.29, 0.717) is 17.9 Å². The van der Waals surface area contributed by atoms with Crippen LogP contribution in [0.15, 0.2) is 60.9 Å². The van der Waals surface area contributed by atoms with E-state index in [1.807, 2.05) is 49.4 Å². The highest BCUT2D eigenvalue weighted by atomic mass is 16.5. The second kappa shape index (κ2) is 7.97. The Hall–Kier alpha value is -3.94. The number of carbonyl (C=O) groups is 1. The Bertz CT molecular complexity index is 1130. The summed E-state index contributed by atoms with van der Waals surface area (Å²) in [6.07, 6.45) is 1.59. The van der Waals surface area contributed by atoms with E-state index in [4.69, 9.17) is 4.74 Å². The minimum atomic E-state index is -0.356. The largest absolute Gasteiger partial charge is 0.497 e. The van der Waals surface area contributed by atoms with Crippen LogP contribution in [-0.2, 0) is 6.54 Å². The molecule has 0 atom stereocenters. The van der Waals surface area contributed by atoms with Crippen molar-refractivity contribution in [2.75, 3.05) is 12.4 Å². The van der Waals surface area contributed by atoms with E-state index in [-0.39, 0.29) is 11.9 Å². The number of benzene rings is 2. The number of rotatable bonds is 6. The number of methoxy groups -OCH3 is 1. The highest BCUT2D eigenvalue weighted by Gasteiger charge is 2.13. The van der Waals surface area contributed by atoms with Crippen LogP contribution in [0, 0.1) is 6.92 Å². The van der Waals surface area contributed by atoms with Gasteiger partial charge in [0.25, 0.3) is 5.91 Å². The van der Waals surface area contributed by atoms with Crippen molar-refractivity contribution in [2.24, 2.45) is 0 Å². The first-order valence-electron chi connectivity index (χ1n) is 9.07. The molecule has 0 aliphatic carbocycles. The predicted molar refractivity (Wildman–Crippen MR) is 109 cm³/mol. The fraction of sp³-hybridized carbons (Fsp3) is 0.143. The number of hydrogen-bond acceptors (Lipinski definition) is 5. The normalized spacial score (nSPS) is 10.7. The molecule has 2 heterocycles. The lowest BCUT2D eigenvalue weighted by Gasteiger charge is -2.02. The summed E-state index contributed by atoms with van der Waals surface area (Å²) in [6.45, 7) is 2.62. The Labute approximate surface area is 167 Å². The molecule has 4 rings (SSSR count). The SMILES string of the molecule is COc1ccc(-c2cc(C(=O)Nc3ncn(Cc4cccc(C)c4)n3)[nH]n2)cc1. The number of carbonyl (C=O) groups excluding carboxylic acids is 1. The van der Waals surface area contributed by atoms with Gasteiger partial charge in [0.15, 0.2) is 0 Å². The quantitative estimate of drug-likeness (QED) is 0.528. The molecule has 0 saturated heterocycles. The number of nitrogens with zero attached hydrogens (tertiary/aromatic N) is 4. The van der Waals surface area contributed by atoms with Crippen molar-refractivity contribution in [2.45, 2.75) is 13.5 Å². The van der Waals surface area contributed by atoms with Crippen molar-refractivity contribution in [3.63, 3.8) is 0 Å². The lowest BCUT2D eigenvalue weighted by molar-refractivity contribution is 0.102. The zero-order valence-electron chi connectivity index (χ0n) is 16.1. The number of amides is 1. The smallest absolute Gasteiger partial charge is 0.276 e. The topological polar surface area (TPSA) is 97.7 Å². The Balaban J connectivity index is 1.42. The molecule has 2 aromatic carbocycles. The lowest BCUT2D eigenvalue weighted by atomic mass is 10.1. The number of nitrogens with one attached hydrogen (secondary N) is 2. The van der Waals surface area contributed by atoms with Gasteiger partial charge in [-0.1, -0.05) is 29.8 Å². The molecule has 146 valence electrons. The molecule has 29 heavy (non-hydrogen) atoms. The van der Waals surface area contributed by atoms with Crippen molar-refractivity contribution >= 4 is 11.9 Å². The number of aryl methyl sites for hydroxylation is 1. The van der Waals surface area contributed by atoms with Crippen molar-refractivity contribution < 1.29 is 9.53 Å². The molecule has 0 aliphatic rings. The first-order valence-corrected chi connectivity index (χ1v) is 9.07. The van der Waals surface area contributed by atoms with Crippen molar-refractivity contribution in [1.29, 1.82) is 0 Å². The summed E-state index contributed by atoms with van der Waals surface area (Å²) >= 11 is 0. The zero-order valence-corrected chi connectivity index (χ0v) is 16.1. The van der Waals surface area contributed by atoms with Gasteiger partial charge in [0.05, 0.1) is 19.3 Å². The van der Waals surface area contributed by atoms with Gasteiger partial charge < -0.3 is 4.74 Å². The van der Waals surface area contributed by atoms with Crippen LogP contribution in [0.3, 0.4) is 0 Å². The van der Waals surface area contributed by atoms with Crippen LogP contribution in [0.25, 0.3) is 11.3 Å². The minimum absolute atomic E-state index is 0.239. The first kappa shape index (κ1) is 18.4. The number of anilines is 1. The molecule has 8 nitrogen and oxygen atoms in total. The molecule has 0 fully saturated rings. The second-order valence-electron chi connectivity index (χ2n) is 6.60. The standard InChI is InChI=1S/C21H20N6O2/c1-14-4-3-5-15(10-14)12-27-13-22-21(26-27)23-20(28)19-11-18(24-25-19)16-6-8-17(29-2)9-7-16/h3-11,13H,12H2,1-2H3,(H,24,25)(H,23,26,28). The van der Waals surface area contributed by atoms with E-state index in [1.54, 1.807) is 24.2 Å². The molecule has 0 spiro atoms. The second-order valence-corrected chi connectivity index (χ2v) is 6.60. The predicted octanol–water partition coefficient (Wildman–Crippen LogP) is 3.29. The highest BCUT2D eigenvalue weighted by Crippen LogP contribution is 2.21. The van der Waals surface area contributed by atoms with Gasteiger partial charge in [-0.2, -0.15) is 5.10 Å². The van der Waals surface area contributed by atoms with Crippen LogP contribution < -0.4 is 10.1 Å². The van der Waals surface area contributed by atoms with Gasteiger partial charge in [-0.25, -0.2) is 9.67 Å². The third kappa shape index (κ3) is 4.32. The molecule has 0 radical (unpaired) electrons. The molecule has 2 N–H and O–H groups in total. The molecule has 2 aromatic heterocycles. The van der Waals surface area contributed by atoms with Gasteiger partial charge >= 0.3 is 0 Å². The summed E-state index contributed by atoms with van der Waals surface area (Å²) in [5.74, 6) is 0.642. The van der Waals surface area contributed by atoms with Gasteiger partial charge in [0.2, 0.25) is 5.95 Å². The maximum atomic E-state index is 12.5. The summed E-state index contributed by atoms with van der Waals surface area (Å²) in [4.78, 5) is 16.6. The Morgan fingerprint density at radius 2 is 2.00 bits per heavy atom. The van der Waals surface area contributed by atoms with Crippen LogP contribution >= 0.6 is 0 Å². The van der Waals surface area contributed by atoms with E-state index >= 15 is 0 Å². The van der Waals surface area contributed by atoms with E-state index < -0.39 is 0 Å². The van der Waals surface area contributed by atoms with E-state index in [1.165, 1.54) is 5.56 Å². The molecule has 0 aliphatic heterocycles. The van der Waals surface area contributed by atoms with E-state index in [9.17, 15) is 4.79 Å². The zero-order chi connectivity index (χ0) is 20.2. The fourth-order valence-electron chi connectivity index (χ4n) is 2.94. The molecule has 0 unspecified atom stereocenters. The third-order valence-electron chi connectivity index (χ3n) is 4.40. The first-order chi connectivity index (χ1) is 14.1. The van der Waals surface area contributed by atoms with Gasteiger partial charge in [-0.15, -0.1) is 5.10 Å². The van der Waals surface area contributed by atoms with Crippen LogP contribution in [-0.4, -0.2) is 38.0 Å². The molecule has 4 aromatic rings. The fourth-order valence-corrected chi connectivity index (χ4v) is 2.94. The number of H-pyrrole nitrogens is 1. The van der Waals surface area contributed by atoms with Gasteiger partial charge in [-0.05, 0) is 42.8 Å². The molecule has 0 bridgehead atoms. The molecule has 1 amide bonds. The minimum Gasteiger partial charge on any atom is -0.497 e. The number of aromatic nitrogens is 5. The van der Waals surface area contributed by atoms with Crippen molar-refractivity contribution in [1.82, 2.24) is 25.0 Å². The number of hydrogen-bond donors (Lipinski definition) is 2. The van der Waals surface area contributed by atoms with Crippen LogP contribution in [0.5, 0.6) is 5.75 Å². The lowest BCUT2D eigenvalue weighted by Crippen LogP contribution is -2.14. The van der Waals surface area contributed by atoms with Crippen LogP contribution in [0.4, 0.5) is 5.95 Å². The van der Waals surface area contributed by atoms with Gasteiger partial charge in [0, 0.05) is 5.56 Å². The Morgan fingerprint density at radius 3 is 2.76 bits per heavy atom. The average Bonchev–Trinajstić information content (AvgIpc) is 3.38. The van der Waals surface area contributed by atoms with E-state index in [0.717, 1.165) is 16.9 Å². The van der Waals surface area contributed by atoms with Crippen molar-refractivity contribution in [3.05, 3.63) is 77.7 Å².